The molecular weight excluding hydrogens is 198 g/mol. The van der Waals surface area contributed by atoms with Gasteiger partial charge in [-0.3, -0.25) is 0 Å². The first-order valence-electron chi connectivity index (χ1n) is 4.15. The van der Waals surface area contributed by atoms with Crippen LogP contribution in [0, 0.1) is 4.91 Å². The molecule has 5 heteroatoms. The van der Waals surface area contributed by atoms with Gasteiger partial charge in [-0.15, -0.1) is 4.91 Å². The van der Waals surface area contributed by atoms with Crippen LogP contribution in [0.15, 0.2) is 29.4 Å². The molecule has 3 N–H and O–H groups in total. The van der Waals surface area contributed by atoms with Crippen LogP contribution >= 0.6 is 0 Å². The molecule has 2 aromatic carbocycles. The zero-order valence-corrected chi connectivity index (χ0v) is 7.51. The molecular formula is C10H7NO4. The molecule has 2 aromatic rings. The molecule has 5 nitrogen and oxygen atoms in total. The fourth-order valence-electron chi connectivity index (χ4n) is 1.46. The van der Waals surface area contributed by atoms with Gasteiger partial charge in [0, 0.05) is 10.8 Å². The summed E-state index contributed by atoms with van der Waals surface area (Å²) in [6.45, 7) is 0. The van der Waals surface area contributed by atoms with E-state index in [2.05, 4.69) is 5.18 Å². The minimum Gasteiger partial charge on any atom is -0.505 e. The van der Waals surface area contributed by atoms with Gasteiger partial charge in [0.2, 0.25) is 0 Å². The average molecular weight is 205 g/mol. The predicted octanol–water partition coefficient (Wildman–Crippen LogP) is 2.35. The maximum Gasteiger partial charge on any atom is 0.195 e. The molecule has 0 fully saturated rings. The molecule has 0 saturated heterocycles. The smallest absolute Gasteiger partial charge is 0.195 e. The van der Waals surface area contributed by atoms with E-state index < -0.39 is 22.9 Å². The van der Waals surface area contributed by atoms with Crippen LogP contribution in [-0.4, -0.2) is 15.3 Å². The fraction of sp³-hybridized carbons (Fsp3) is 0. The number of hydrogen-bond donors (Lipinski definition) is 3. The highest BCUT2D eigenvalue weighted by molar-refractivity contribution is 6.00. The fourth-order valence-corrected chi connectivity index (χ4v) is 1.46. The van der Waals surface area contributed by atoms with E-state index in [1.54, 1.807) is 12.1 Å². The number of fused-ring (bicyclic) bond motifs is 1. The third-order valence-electron chi connectivity index (χ3n) is 2.20. The van der Waals surface area contributed by atoms with Gasteiger partial charge in [0.1, 0.15) is 0 Å². The second-order valence-electron chi connectivity index (χ2n) is 3.03. The topological polar surface area (TPSA) is 90.1 Å². The number of aromatic hydroxyl groups is 3. The minimum atomic E-state index is -0.707. The molecule has 0 heterocycles. The molecule has 0 amide bonds. The van der Waals surface area contributed by atoms with Gasteiger partial charge in [0.05, 0.1) is 0 Å². The Bertz CT molecular complexity index is 551. The van der Waals surface area contributed by atoms with Crippen molar-refractivity contribution in [2.75, 3.05) is 0 Å². The van der Waals surface area contributed by atoms with Crippen molar-refractivity contribution >= 4 is 16.5 Å². The standard InChI is InChI=1S/C10H7NO4/c12-8-5-3-1-2-4-6(5)9(13)10(14)7(8)11-15/h1-4,12-14H. The maximum absolute atomic E-state index is 10.4. The van der Waals surface area contributed by atoms with Crippen molar-refractivity contribution in [2.45, 2.75) is 0 Å². The largest absolute Gasteiger partial charge is 0.505 e. The third-order valence-corrected chi connectivity index (χ3v) is 2.20. The summed E-state index contributed by atoms with van der Waals surface area (Å²) in [6, 6.07) is 6.29. The SMILES string of the molecule is O=Nc1c(O)c(O)c2ccccc2c1O. The Morgan fingerprint density at radius 2 is 1.40 bits per heavy atom. The number of hydrogen-bond acceptors (Lipinski definition) is 5. The van der Waals surface area contributed by atoms with E-state index in [1.165, 1.54) is 12.1 Å². The highest BCUT2D eigenvalue weighted by atomic mass is 16.3. The zero-order valence-electron chi connectivity index (χ0n) is 7.51. The van der Waals surface area contributed by atoms with Crippen LogP contribution in [-0.2, 0) is 0 Å². The monoisotopic (exact) mass is 205 g/mol. The van der Waals surface area contributed by atoms with Gasteiger partial charge in [-0.05, 0) is 5.18 Å². The lowest BCUT2D eigenvalue weighted by atomic mass is 10.1. The van der Waals surface area contributed by atoms with Gasteiger partial charge in [0.25, 0.3) is 0 Å². The van der Waals surface area contributed by atoms with E-state index in [4.69, 9.17) is 0 Å². The summed E-state index contributed by atoms with van der Waals surface area (Å²) in [5, 5.41) is 31.5. The Hall–Kier alpha value is -2.30. The first kappa shape index (κ1) is 9.26. The summed E-state index contributed by atoms with van der Waals surface area (Å²) in [5.74, 6) is -1.60. The van der Waals surface area contributed by atoms with Gasteiger partial charge in [-0.25, -0.2) is 0 Å². The van der Waals surface area contributed by atoms with Gasteiger partial charge >= 0.3 is 0 Å². The van der Waals surface area contributed by atoms with E-state index in [-0.39, 0.29) is 10.8 Å². The van der Waals surface area contributed by atoms with Crippen molar-refractivity contribution in [1.29, 1.82) is 0 Å². The first-order valence-corrected chi connectivity index (χ1v) is 4.15. The first-order chi connectivity index (χ1) is 7.16. The van der Waals surface area contributed by atoms with E-state index in [1.807, 2.05) is 0 Å². The Balaban J connectivity index is 3.02. The second kappa shape index (κ2) is 3.13. The molecule has 2 rings (SSSR count). The van der Waals surface area contributed by atoms with Crippen molar-refractivity contribution in [3.8, 4) is 17.2 Å². The lowest BCUT2D eigenvalue weighted by Gasteiger charge is -2.07. The van der Waals surface area contributed by atoms with Crippen LogP contribution in [0.3, 0.4) is 0 Å². The van der Waals surface area contributed by atoms with Crippen molar-refractivity contribution in [3.63, 3.8) is 0 Å². The molecule has 0 spiro atoms. The quantitative estimate of drug-likeness (QED) is 0.378. The Kier molecular flexibility index (Phi) is 1.93. The van der Waals surface area contributed by atoms with Crippen molar-refractivity contribution in [1.82, 2.24) is 0 Å². The summed E-state index contributed by atoms with van der Waals surface area (Å²) in [7, 11) is 0. The van der Waals surface area contributed by atoms with Crippen molar-refractivity contribution in [2.24, 2.45) is 5.18 Å². The van der Waals surface area contributed by atoms with Crippen LogP contribution in [0.1, 0.15) is 0 Å². The van der Waals surface area contributed by atoms with Crippen LogP contribution in [0.4, 0.5) is 5.69 Å². The van der Waals surface area contributed by atoms with Crippen LogP contribution in [0.2, 0.25) is 0 Å². The van der Waals surface area contributed by atoms with Crippen LogP contribution in [0.25, 0.3) is 10.8 Å². The van der Waals surface area contributed by atoms with E-state index >= 15 is 0 Å². The molecule has 0 aliphatic rings. The average Bonchev–Trinajstić information content (AvgIpc) is 2.27. The summed E-state index contributed by atoms with van der Waals surface area (Å²) in [6.07, 6.45) is 0. The number of phenolic OH excluding ortho intramolecular Hbond substituents is 3. The Morgan fingerprint density at radius 3 is 1.93 bits per heavy atom. The number of rotatable bonds is 1. The number of phenols is 3. The van der Waals surface area contributed by atoms with Crippen molar-refractivity contribution in [3.05, 3.63) is 29.2 Å². The Morgan fingerprint density at radius 1 is 0.867 bits per heavy atom. The molecule has 0 aromatic heterocycles. The van der Waals surface area contributed by atoms with Crippen LogP contribution < -0.4 is 0 Å². The van der Waals surface area contributed by atoms with Gasteiger partial charge in [-0.1, -0.05) is 24.3 Å². The maximum atomic E-state index is 10.4. The van der Waals surface area contributed by atoms with Gasteiger partial charge in [-0.2, -0.15) is 0 Å². The normalized spacial score (nSPS) is 10.4. The Labute approximate surface area is 84.2 Å². The second-order valence-corrected chi connectivity index (χ2v) is 3.03. The summed E-state index contributed by atoms with van der Waals surface area (Å²) in [4.78, 5) is 10.4. The molecule has 76 valence electrons. The van der Waals surface area contributed by atoms with Gasteiger partial charge in [0.15, 0.2) is 22.9 Å². The summed E-state index contributed by atoms with van der Waals surface area (Å²) in [5.41, 5.74) is -0.550. The molecule has 0 aliphatic heterocycles. The number of nitrogens with zero attached hydrogens (tertiary/aromatic N) is 1. The van der Waals surface area contributed by atoms with Gasteiger partial charge < -0.3 is 15.3 Å². The zero-order chi connectivity index (χ0) is 11.0. The highest BCUT2D eigenvalue weighted by Gasteiger charge is 2.18. The number of nitroso groups, excluding NO2 is 1. The predicted molar refractivity (Wildman–Crippen MR) is 54.4 cm³/mol. The summed E-state index contributed by atoms with van der Waals surface area (Å²) < 4.78 is 0. The minimum absolute atomic E-state index is 0.264. The van der Waals surface area contributed by atoms with E-state index in [9.17, 15) is 20.2 Å². The summed E-state index contributed by atoms with van der Waals surface area (Å²) >= 11 is 0. The molecule has 15 heavy (non-hydrogen) atoms. The molecule has 0 bridgehead atoms. The molecule has 0 aliphatic carbocycles. The lowest BCUT2D eigenvalue weighted by molar-refractivity contribution is 0.404. The van der Waals surface area contributed by atoms with Crippen molar-refractivity contribution < 1.29 is 15.3 Å². The van der Waals surface area contributed by atoms with Crippen LogP contribution in [0.5, 0.6) is 17.2 Å². The molecule has 0 unspecified atom stereocenters. The third kappa shape index (κ3) is 1.17. The highest BCUT2D eigenvalue weighted by Crippen LogP contribution is 2.48. The molecule has 0 saturated carbocycles. The van der Waals surface area contributed by atoms with E-state index in [0.717, 1.165) is 0 Å². The number of benzene rings is 2. The molecule has 0 atom stereocenters. The van der Waals surface area contributed by atoms with E-state index in [0.29, 0.717) is 0 Å². The molecule has 0 radical (unpaired) electrons. The lowest BCUT2D eigenvalue weighted by Crippen LogP contribution is -1.78.